The van der Waals surface area contributed by atoms with Gasteiger partial charge < -0.3 is 15.3 Å². The van der Waals surface area contributed by atoms with Gasteiger partial charge in [-0.1, -0.05) is 59.6 Å². The summed E-state index contributed by atoms with van der Waals surface area (Å²) >= 11 is 12.1. The van der Waals surface area contributed by atoms with E-state index in [2.05, 4.69) is 10.2 Å². The molecule has 0 aliphatic carbocycles. The first kappa shape index (κ1) is 25.3. The monoisotopic (exact) mass is 485 g/mol. The van der Waals surface area contributed by atoms with Crippen molar-refractivity contribution in [2.45, 2.75) is 24.9 Å². The van der Waals surface area contributed by atoms with Crippen LogP contribution in [0.15, 0.2) is 48.5 Å². The van der Waals surface area contributed by atoms with Crippen molar-refractivity contribution in [1.82, 2.24) is 15.1 Å². The lowest BCUT2D eigenvalue weighted by Crippen LogP contribution is -2.41. The van der Waals surface area contributed by atoms with Gasteiger partial charge in [0, 0.05) is 32.7 Å². The third-order valence-electron chi connectivity index (χ3n) is 5.42. The number of nitrogens with one attached hydrogen (secondary N) is 1. The van der Waals surface area contributed by atoms with Crippen molar-refractivity contribution in [2.75, 3.05) is 26.7 Å². The van der Waals surface area contributed by atoms with Gasteiger partial charge in [-0.15, -0.1) is 12.4 Å². The number of nitrogens with zero attached hydrogens (tertiary/aromatic N) is 2. The van der Waals surface area contributed by atoms with Crippen molar-refractivity contribution in [3.63, 3.8) is 0 Å². The number of likely N-dealkylation sites (N-methyl/N-ethyl adjacent to an activating group) is 1. The lowest BCUT2D eigenvalue weighted by atomic mass is 10.0. The van der Waals surface area contributed by atoms with Crippen molar-refractivity contribution in [3.05, 3.63) is 69.7 Å². The first-order chi connectivity index (χ1) is 14.3. The molecule has 0 bridgehead atoms. The van der Waals surface area contributed by atoms with Crippen molar-refractivity contribution in [2.24, 2.45) is 0 Å². The molecule has 2 N–H and O–H groups in total. The van der Waals surface area contributed by atoms with E-state index >= 15 is 0 Å². The summed E-state index contributed by atoms with van der Waals surface area (Å²) in [7, 11) is 1.81. The van der Waals surface area contributed by atoms with Crippen molar-refractivity contribution < 1.29 is 14.7 Å². The molecule has 31 heavy (non-hydrogen) atoms. The maximum absolute atomic E-state index is 13.0. The van der Waals surface area contributed by atoms with Crippen LogP contribution in [0.25, 0.3) is 0 Å². The molecule has 2 atom stereocenters. The molecule has 9 heteroatoms. The van der Waals surface area contributed by atoms with E-state index < -0.39 is 6.09 Å². The number of rotatable bonds is 7. The van der Waals surface area contributed by atoms with E-state index in [9.17, 15) is 9.59 Å². The summed E-state index contributed by atoms with van der Waals surface area (Å²) in [4.78, 5) is 27.9. The molecule has 0 saturated carbocycles. The predicted octanol–water partition coefficient (Wildman–Crippen LogP) is 4.50. The Hall–Kier alpha value is -1.99. The predicted molar refractivity (Wildman–Crippen MR) is 125 cm³/mol. The van der Waals surface area contributed by atoms with E-state index in [1.54, 1.807) is 30.1 Å². The Balaban J connectivity index is 0.00000341. The zero-order valence-electron chi connectivity index (χ0n) is 17.1. The molecule has 0 aromatic heterocycles. The number of carbonyl (C=O) groups excluding carboxylic acids is 1. The highest BCUT2D eigenvalue weighted by atomic mass is 35.5. The lowest BCUT2D eigenvalue weighted by Gasteiger charge is -2.32. The second-order valence-corrected chi connectivity index (χ2v) is 8.37. The van der Waals surface area contributed by atoms with Crippen LogP contribution in [-0.4, -0.2) is 59.6 Å². The van der Waals surface area contributed by atoms with Crippen molar-refractivity contribution >= 4 is 47.6 Å². The van der Waals surface area contributed by atoms with Gasteiger partial charge >= 0.3 is 6.09 Å². The molecule has 1 fully saturated rings. The second kappa shape index (κ2) is 11.6. The maximum Gasteiger partial charge on any atom is 0.404 e. The molecule has 0 spiro atoms. The van der Waals surface area contributed by atoms with Crippen molar-refractivity contribution in [1.29, 1.82) is 0 Å². The smallest absolute Gasteiger partial charge is 0.404 e. The van der Waals surface area contributed by atoms with Crippen molar-refractivity contribution in [3.8, 4) is 0 Å². The van der Waals surface area contributed by atoms with Crippen LogP contribution in [0, 0.1) is 0 Å². The SMILES string of the molecule is CN(C(=O)Cc1ccc(Cl)c(Cl)c1)C(CN1CCC(NC(=O)O)C1)c1ccccc1.Cl. The van der Waals surface area contributed by atoms with Crippen LogP contribution in [0.2, 0.25) is 10.0 Å². The zero-order chi connectivity index (χ0) is 21.7. The quantitative estimate of drug-likeness (QED) is 0.604. The standard InChI is InChI=1S/C22H25Cl2N3O3.ClH/c1-26(21(28)12-15-7-8-18(23)19(24)11-15)20(16-5-3-2-4-6-16)14-27-10-9-17(13-27)25-22(29)30;/h2-8,11,17,20,25H,9-10,12-14H2,1H3,(H,29,30);1H. The van der Waals surface area contributed by atoms with Gasteiger partial charge in [0.15, 0.2) is 0 Å². The Morgan fingerprint density at radius 2 is 1.90 bits per heavy atom. The summed E-state index contributed by atoms with van der Waals surface area (Å²) in [5.41, 5.74) is 1.84. The van der Waals surface area contributed by atoms with Crippen LogP contribution >= 0.6 is 35.6 Å². The number of benzene rings is 2. The van der Waals surface area contributed by atoms with E-state index in [4.69, 9.17) is 28.3 Å². The molecule has 0 radical (unpaired) electrons. The molecule has 1 saturated heterocycles. The van der Waals surface area contributed by atoms with E-state index in [-0.39, 0.29) is 36.8 Å². The van der Waals surface area contributed by atoms with Gasteiger partial charge in [-0.3, -0.25) is 9.69 Å². The minimum Gasteiger partial charge on any atom is -0.465 e. The lowest BCUT2D eigenvalue weighted by molar-refractivity contribution is -0.131. The van der Waals surface area contributed by atoms with Gasteiger partial charge in [-0.05, 0) is 29.7 Å². The summed E-state index contributed by atoms with van der Waals surface area (Å²) in [6, 6.07) is 14.9. The Morgan fingerprint density at radius 1 is 1.19 bits per heavy atom. The summed E-state index contributed by atoms with van der Waals surface area (Å²) in [6.07, 6.45) is -0.0235. The van der Waals surface area contributed by atoms with E-state index in [1.165, 1.54) is 0 Å². The second-order valence-electron chi connectivity index (χ2n) is 7.55. The highest BCUT2D eigenvalue weighted by Gasteiger charge is 2.29. The maximum atomic E-state index is 13.0. The van der Waals surface area contributed by atoms with Gasteiger partial charge in [-0.25, -0.2) is 4.79 Å². The largest absolute Gasteiger partial charge is 0.465 e. The normalized spacial score (nSPS) is 16.9. The first-order valence-electron chi connectivity index (χ1n) is 9.80. The van der Waals surface area contributed by atoms with Gasteiger partial charge in [0.1, 0.15) is 0 Å². The van der Waals surface area contributed by atoms with E-state index in [0.29, 0.717) is 23.1 Å². The molecule has 2 aromatic rings. The van der Waals surface area contributed by atoms with Gasteiger partial charge in [0.2, 0.25) is 5.91 Å². The summed E-state index contributed by atoms with van der Waals surface area (Å²) in [5.74, 6) is -0.0262. The number of carbonyl (C=O) groups is 2. The Kier molecular flexibility index (Phi) is 9.44. The number of amides is 2. The fourth-order valence-electron chi connectivity index (χ4n) is 3.78. The summed E-state index contributed by atoms with van der Waals surface area (Å²) in [5, 5.41) is 12.4. The molecule has 2 amide bonds. The Bertz CT molecular complexity index is 898. The number of halogens is 3. The Morgan fingerprint density at radius 3 is 2.55 bits per heavy atom. The fraction of sp³-hybridized carbons (Fsp3) is 0.364. The van der Waals surface area contributed by atoms with Crippen LogP contribution in [-0.2, 0) is 11.2 Å². The Labute approximate surface area is 198 Å². The minimum absolute atomic E-state index is 0. The fourth-order valence-corrected chi connectivity index (χ4v) is 4.11. The number of hydrogen-bond donors (Lipinski definition) is 2. The molecule has 168 valence electrons. The number of hydrogen-bond acceptors (Lipinski definition) is 3. The van der Waals surface area contributed by atoms with E-state index in [1.807, 2.05) is 30.3 Å². The summed E-state index contributed by atoms with van der Waals surface area (Å²) in [6.45, 7) is 2.04. The molecule has 3 rings (SSSR count). The number of likely N-dealkylation sites (tertiary alicyclic amines) is 1. The van der Waals surface area contributed by atoms with Crippen LogP contribution < -0.4 is 5.32 Å². The third-order valence-corrected chi connectivity index (χ3v) is 6.15. The average Bonchev–Trinajstić information content (AvgIpc) is 3.15. The third kappa shape index (κ3) is 7.01. The topological polar surface area (TPSA) is 72.9 Å². The molecule has 1 aliphatic rings. The molecule has 1 heterocycles. The van der Waals surface area contributed by atoms with Crippen LogP contribution in [0.1, 0.15) is 23.6 Å². The first-order valence-corrected chi connectivity index (χ1v) is 10.6. The average molecular weight is 487 g/mol. The van der Waals surface area contributed by atoms with Gasteiger partial charge in [0.05, 0.1) is 22.5 Å². The zero-order valence-corrected chi connectivity index (χ0v) is 19.5. The van der Waals surface area contributed by atoms with Crippen LogP contribution in [0.4, 0.5) is 4.79 Å². The van der Waals surface area contributed by atoms with Gasteiger partial charge in [0.25, 0.3) is 0 Å². The molecule has 2 unspecified atom stereocenters. The molecule has 2 aromatic carbocycles. The highest BCUT2D eigenvalue weighted by Crippen LogP contribution is 2.26. The van der Waals surface area contributed by atoms with Crippen LogP contribution in [0.5, 0.6) is 0 Å². The molecular formula is C22H26Cl3N3O3. The van der Waals surface area contributed by atoms with Crippen LogP contribution in [0.3, 0.4) is 0 Å². The molecule has 1 aliphatic heterocycles. The highest BCUT2D eigenvalue weighted by molar-refractivity contribution is 6.42. The molecule has 6 nitrogen and oxygen atoms in total. The molecular weight excluding hydrogens is 461 g/mol. The minimum atomic E-state index is -1.00. The van der Waals surface area contributed by atoms with E-state index in [0.717, 1.165) is 24.1 Å². The van der Waals surface area contributed by atoms with Gasteiger partial charge in [-0.2, -0.15) is 0 Å². The summed E-state index contributed by atoms with van der Waals surface area (Å²) < 4.78 is 0. The number of carboxylic acid groups (broad SMARTS) is 1.